The number of hydrogen-bond donors (Lipinski definition) is 1. The molecule has 0 aromatic heterocycles. The number of carbonyl (C=O) groups excluding carboxylic acids is 2. The molecule has 108 valence electrons. The van der Waals surface area contributed by atoms with Crippen molar-refractivity contribution in [1.29, 1.82) is 0 Å². The highest BCUT2D eigenvalue weighted by atomic mass is 16.2. The van der Waals surface area contributed by atoms with Gasteiger partial charge in [0.05, 0.1) is 5.92 Å². The summed E-state index contributed by atoms with van der Waals surface area (Å²) in [6, 6.07) is 0.239. The first-order valence-electron chi connectivity index (χ1n) is 7.31. The fourth-order valence-electron chi connectivity index (χ4n) is 3.19. The van der Waals surface area contributed by atoms with Gasteiger partial charge in [0.2, 0.25) is 11.8 Å². The van der Waals surface area contributed by atoms with Crippen LogP contribution in [0.15, 0.2) is 0 Å². The van der Waals surface area contributed by atoms with E-state index in [-0.39, 0.29) is 23.8 Å². The van der Waals surface area contributed by atoms with Gasteiger partial charge in [0, 0.05) is 38.6 Å². The largest absolute Gasteiger partial charge is 0.339 e. The minimum atomic E-state index is -0.0661. The molecule has 2 rings (SSSR count). The molecule has 2 heterocycles. The Hall–Kier alpha value is -1.10. The van der Waals surface area contributed by atoms with E-state index in [0.29, 0.717) is 38.5 Å². The van der Waals surface area contributed by atoms with E-state index in [0.717, 1.165) is 12.8 Å². The molecule has 2 amide bonds. The maximum Gasteiger partial charge on any atom is 0.227 e. The van der Waals surface area contributed by atoms with Gasteiger partial charge in [-0.2, -0.15) is 0 Å². The molecule has 2 aliphatic rings. The molecular formula is C14H25N3O2. The van der Waals surface area contributed by atoms with Gasteiger partial charge in [-0.25, -0.2) is 0 Å². The molecule has 0 bridgehead atoms. The van der Waals surface area contributed by atoms with Crippen molar-refractivity contribution in [3.05, 3.63) is 0 Å². The fourth-order valence-corrected chi connectivity index (χ4v) is 3.19. The Labute approximate surface area is 115 Å². The number of nitrogens with two attached hydrogens (primary N) is 1. The second-order valence-corrected chi connectivity index (χ2v) is 6.13. The van der Waals surface area contributed by atoms with Crippen LogP contribution in [-0.4, -0.2) is 53.8 Å². The van der Waals surface area contributed by atoms with Crippen LogP contribution in [0.25, 0.3) is 0 Å². The second kappa shape index (κ2) is 5.90. The summed E-state index contributed by atoms with van der Waals surface area (Å²) in [6.45, 7) is 6.69. The van der Waals surface area contributed by atoms with Crippen LogP contribution in [0.5, 0.6) is 0 Å². The summed E-state index contributed by atoms with van der Waals surface area (Å²) in [7, 11) is 0. The van der Waals surface area contributed by atoms with Gasteiger partial charge in [0.1, 0.15) is 0 Å². The lowest BCUT2D eigenvalue weighted by Crippen LogP contribution is -2.55. The Morgan fingerprint density at radius 1 is 1.42 bits per heavy atom. The molecule has 0 aromatic carbocycles. The van der Waals surface area contributed by atoms with E-state index < -0.39 is 0 Å². The van der Waals surface area contributed by atoms with Crippen LogP contribution in [0.3, 0.4) is 0 Å². The molecule has 2 saturated heterocycles. The highest BCUT2D eigenvalue weighted by molar-refractivity contribution is 5.81. The lowest BCUT2D eigenvalue weighted by molar-refractivity contribution is -0.142. The first-order valence-corrected chi connectivity index (χ1v) is 7.31. The summed E-state index contributed by atoms with van der Waals surface area (Å²) in [5.74, 6) is 0.834. The highest BCUT2D eigenvalue weighted by Gasteiger charge is 2.38. The van der Waals surface area contributed by atoms with Gasteiger partial charge < -0.3 is 15.5 Å². The number of nitrogens with zero attached hydrogens (tertiary/aromatic N) is 2. The Balaban J connectivity index is 1.95. The van der Waals surface area contributed by atoms with Crippen LogP contribution in [0.2, 0.25) is 0 Å². The van der Waals surface area contributed by atoms with Crippen molar-refractivity contribution < 1.29 is 9.59 Å². The van der Waals surface area contributed by atoms with Crippen LogP contribution in [0, 0.1) is 11.8 Å². The molecular weight excluding hydrogens is 242 g/mol. The molecule has 0 saturated carbocycles. The van der Waals surface area contributed by atoms with E-state index in [2.05, 4.69) is 13.8 Å². The number of amides is 2. The molecule has 19 heavy (non-hydrogen) atoms. The SMILES string of the molecule is CC(C)CC(CN)C(=O)N1CCN2C(=O)CCC2C1. The summed E-state index contributed by atoms with van der Waals surface area (Å²) >= 11 is 0. The maximum atomic E-state index is 12.5. The van der Waals surface area contributed by atoms with Gasteiger partial charge >= 0.3 is 0 Å². The zero-order valence-electron chi connectivity index (χ0n) is 12.0. The van der Waals surface area contributed by atoms with Crippen LogP contribution in [-0.2, 0) is 9.59 Å². The van der Waals surface area contributed by atoms with E-state index in [9.17, 15) is 9.59 Å². The zero-order valence-corrected chi connectivity index (χ0v) is 12.0. The molecule has 2 N–H and O–H groups in total. The topological polar surface area (TPSA) is 66.6 Å². The van der Waals surface area contributed by atoms with Crippen LogP contribution < -0.4 is 5.73 Å². The molecule has 5 nitrogen and oxygen atoms in total. The van der Waals surface area contributed by atoms with Gasteiger partial charge in [-0.1, -0.05) is 13.8 Å². The Morgan fingerprint density at radius 3 is 2.79 bits per heavy atom. The summed E-state index contributed by atoms with van der Waals surface area (Å²) in [5.41, 5.74) is 5.75. The quantitative estimate of drug-likeness (QED) is 0.804. The molecule has 5 heteroatoms. The number of rotatable bonds is 4. The molecule has 0 radical (unpaired) electrons. The molecule has 2 unspecified atom stereocenters. The van der Waals surface area contributed by atoms with Crippen LogP contribution >= 0.6 is 0 Å². The van der Waals surface area contributed by atoms with Crippen molar-refractivity contribution in [1.82, 2.24) is 9.80 Å². The minimum absolute atomic E-state index is 0.0661. The molecule has 0 aromatic rings. The zero-order chi connectivity index (χ0) is 14.0. The molecule has 0 aliphatic carbocycles. The van der Waals surface area contributed by atoms with Gasteiger partial charge in [-0.15, -0.1) is 0 Å². The minimum Gasteiger partial charge on any atom is -0.339 e. The lowest BCUT2D eigenvalue weighted by atomic mass is 9.95. The summed E-state index contributed by atoms with van der Waals surface area (Å²) in [6.07, 6.45) is 2.37. The molecule has 2 aliphatic heterocycles. The first-order chi connectivity index (χ1) is 9.02. The number of piperazine rings is 1. The number of fused-ring (bicyclic) bond motifs is 1. The molecule has 2 fully saturated rings. The van der Waals surface area contributed by atoms with Crippen LogP contribution in [0.1, 0.15) is 33.1 Å². The van der Waals surface area contributed by atoms with Gasteiger partial charge in [-0.3, -0.25) is 9.59 Å². The van der Waals surface area contributed by atoms with Crippen molar-refractivity contribution in [2.75, 3.05) is 26.2 Å². The van der Waals surface area contributed by atoms with E-state index in [1.807, 2.05) is 9.80 Å². The Kier molecular flexibility index (Phi) is 4.45. The third kappa shape index (κ3) is 3.08. The maximum absolute atomic E-state index is 12.5. The summed E-state index contributed by atoms with van der Waals surface area (Å²) in [5, 5.41) is 0. The number of hydrogen-bond acceptors (Lipinski definition) is 3. The normalized spacial score (nSPS) is 24.8. The van der Waals surface area contributed by atoms with Gasteiger partial charge in [-0.05, 0) is 18.8 Å². The number of carbonyl (C=O) groups is 2. The summed E-state index contributed by atoms with van der Waals surface area (Å²) < 4.78 is 0. The first kappa shape index (κ1) is 14.3. The smallest absolute Gasteiger partial charge is 0.227 e. The van der Waals surface area contributed by atoms with Crippen molar-refractivity contribution >= 4 is 11.8 Å². The Bertz CT molecular complexity index is 357. The lowest BCUT2D eigenvalue weighted by Gasteiger charge is -2.39. The van der Waals surface area contributed by atoms with Crippen LogP contribution in [0.4, 0.5) is 0 Å². The third-order valence-electron chi connectivity index (χ3n) is 4.20. The van der Waals surface area contributed by atoms with E-state index in [1.165, 1.54) is 0 Å². The molecule has 0 spiro atoms. The van der Waals surface area contributed by atoms with E-state index >= 15 is 0 Å². The van der Waals surface area contributed by atoms with E-state index in [1.54, 1.807) is 0 Å². The monoisotopic (exact) mass is 267 g/mol. The Morgan fingerprint density at radius 2 is 2.16 bits per heavy atom. The van der Waals surface area contributed by atoms with Crippen molar-refractivity contribution in [2.45, 2.75) is 39.2 Å². The third-order valence-corrected chi connectivity index (χ3v) is 4.20. The predicted octanol–water partition coefficient (Wildman–Crippen LogP) is 0.441. The average molecular weight is 267 g/mol. The predicted molar refractivity (Wildman–Crippen MR) is 73.3 cm³/mol. The van der Waals surface area contributed by atoms with Crippen molar-refractivity contribution in [2.24, 2.45) is 17.6 Å². The van der Waals surface area contributed by atoms with Crippen molar-refractivity contribution in [3.63, 3.8) is 0 Å². The molecule has 2 atom stereocenters. The highest BCUT2D eigenvalue weighted by Crippen LogP contribution is 2.24. The average Bonchev–Trinajstić information content (AvgIpc) is 2.76. The van der Waals surface area contributed by atoms with E-state index in [4.69, 9.17) is 5.73 Å². The van der Waals surface area contributed by atoms with Crippen molar-refractivity contribution in [3.8, 4) is 0 Å². The second-order valence-electron chi connectivity index (χ2n) is 6.13. The fraction of sp³-hybridized carbons (Fsp3) is 0.857. The van der Waals surface area contributed by atoms with Gasteiger partial charge in [0.25, 0.3) is 0 Å². The summed E-state index contributed by atoms with van der Waals surface area (Å²) in [4.78, 5) is 28.0. The standard InChI is InChI=1S/C14H25N3O2/c1-10(2)7-11(8-15)14(19)16-5-6-17-12(9-16)3-4-13(17)18/h10-12H,3-9,15H2,1-2H3. The van der Waals surface area contributed by atoms with Gasteiger partial charge in [0.15, 0.2) is 0 Å².